The predicted molar refractivity (Wildman–Crippen MR) is 246 cm³/mol. The van der Waals surface area contributed by atoms with Gasteiger partial charge in [-0.15, -0.1) is 0 Å². The molecule has 4 N–H and O–H groups in total. The second-order valence-corrected chi connectivity index (χ2v) is 19.4. The molecule has 1 spiro atoms. The molecule has 3 aliphatic heterocycles. The molecule has 5 fully saturated rings. The molecule has 16 heteroatoms. The van der Waals surface area contributed by atoms with Gasteiger partial charge in [0, 0.05) is 49.3 Å². The Hall–Kier alpha value is -5.74. The first-order valence-corrected chi connectivity index (χ1v) is 23.8. The van der Waals surface area contributed by atoms with Crippen LogP contribution in [-0.4, -0.2) is 117 Å². The molecule has 5 heterocycles. The van der Waals surface area contributed by atoms with Crippen LogP contribution in [0, 0.1) is 12.8 Å². The normalized spacial score (nSPS) is 23.6. The lowest BCUT2D eigenvalue weighted by atomic mass is 9.86. The summed E-state index contributed by atoms with van der Waals surface area (Å²) in [7, 11) is 2.63. The third-order valence-corrected chi connectivity index (χ3v) is 14.7. The van der Waals surface area contributed by atoms with Crippen molar-refractivity contribution in [3.63, 3.8) is 0 Å². The second-order valence-electron chi connectivity index (χ2n) is 19.4. The van der Waals surface area contributed by atoms with Crippen molar-refractivity contribution < 1.29 is 38.1 Å². The molecule has 2 aromatic carbocycles. The zero-order chi connectivity index (χ0) is 46.2. The summed E-state index contributed by atoms with van der Waals surface area (Å²) >= 11 is 0. The minimum absolute atomic E-state index is 0.0226. The Bertz CT molecular complexity index is 2410. The van der Waals surface area contributed by atoms with Crippen LogP contribution in [0.4, 0.5) is 9.59 Å². The zero-order valence-corrected chi connectivity index (χ0v) is 38.8. The van der Waals surface area contributed by atoms with Gasteiger partial charge in [0.05, 0.1) is 48.9 Å². The van der Waals surface area contributed by atoms with Crippen LogP contribution < -0.4 is 10.6 Å². The lowest BCUT2D eigenvalue weighted by molar-refractivity contribution is -0.138. The first-order chi connectivity index (χ1) is 31.9. The largest absolute Gasteiger partial charge is 0.453 e. The van der Waals surface area contributed by atoms with E-state index >= 15 is 0 Å². The van der Waals surface area contributed by atoms with E-state index in [0.29, 0.717) is 39.0 Å². The number of alkyl carbamates (subject to hydrolysis) is 2. The van der Waals surface area contributed by atoms with Crippen LogP contribution in [0.3, 0.4) is 0 Å². The molecule has 4 aromatic rings. The van der Waals surface area contributed by atoms with Crippen LogP contribution in [0.25, 0.3) is 33.6 Å². The van der Waals surface area contributed by atoms with Gasteiger partial charge in [0.15, 0.2) is 0 Å². The standard InChI is InChI=1S/C50H64N8O8/c1-30-26-34(15-16-36(30)39-29-52-43(54-39)40-9-6-23-57(40)46(60)42(56-48(62)64-5)35-18-25-66-50(27-35)21-22-50)32-11-13-33(14-12-32)38-28-51-44(53-38)41-17-10-31(2)58(41)45(59)37(55-47(61)63-4)8-7-24-65-49(3)19-20-49/h11-16,26,28-29,31,35,37,40-42H,6-10,17-25,27H2,1-5H3,(H,51,53)(H,52,54)(H,55,61)(H,56,62)/t31?,35?,37?,40-,41?,42-/m0/s1. The average molecular weight is 905 g/mol. The number of hydrogen-bond acceptors (Lipinski definition) is 10. The SMILES string of the molecule is COC(=O)NC(CCCOC1(C)CC1)C(=O)N1C(C)CCC1c1nc(-c2ccc(-c3ccc(-c4c[nH]c([C@@H]5CCCN5C(=O)[C@@H](NC(=O)OC)C5CCOC6(CC6)C5)n4)c(C)c3)cc2)c[nH]1. The van der Waals surface area contributed by atoms with Gasteiger partial charge < -0.3 is 49.3 Å². The van der Waals surface area contributed by atoms with Crippen LogP contribution in [0.15, 0.2) is 54.9 Å². The summed E-state index contributed by atoms with van der Waals surface area (Å²) in [6, 6.07) is 12.7. The maximum absolute atomic E-state index is 14.3. The predicted octanol–water partition coefficient (Wildman–Crippen LogP) is 7.92. The number of aromatic amines is 2. The highest BCUT2D eigenvalue weighted by Crippen LogP contribution is 2.49. The molecule has 3 saturated heterocycles. The first kappa shape index (κ1) is 45.4. The zero-order valence-electron chi connectivity index (χ0n) is 38.8. The lowest BCUT2D eigenvalue weighted by Crippen LogP contribution is -2.54. The van der Waals surface area contributed by atoms with Crippen molar-refractivity contribution in [3.05, 3.63) is 72.1 Å². The molecule has 2 saturated carbocycles. The van der Waals surface area contributed by atoms with Crippen molar-refractivity contribution in [1.82, 2.24) is 40.4 Å². The van der Waals surface area contributed by atoms with Crippen LogP contribution in [0.1, 0.15) is 120 Å². The Morgan fingerprint density at radius 3 is 2.23 bits per heavy atom. The summed E-state index contributed by atoms with van der Waals surface area (Å²) in [5.41, 5.74) is 6.53. The third kappa shape index (κ3) is 9.71. The van der Waals surface area contributed by atoms with Gasteiger partial charge in [0.2, 0.25) is 11.8 Å². The van der Waals surface area contributed by atoms with Crippen molar-refractivity contribution in [2.75, 3.05) is 34.0 Å². The average Bonchev–Trinajstić information content (AvgIpc) is 3.81. The van der Waals surface area contributed by atoms with Gasteiger partial charge in [-0.05, 0) is 120 Å². The quantitative estimate of drug-likeness (QED) is 0.0852. The Balaban J connectivity index is 0.849. The van der Waals surface area contributed by atoms with Gasteiger partial charge in [-0.25, -0.2) is 19.6 Å². The molecule has 2 aromatic heterocycles. The minimum atomic E-state index is -0.734. The fourth-order valence-corrected chi connectivity index (χ4v) is 10.4. The number of aromatic nitrogens is 4. The maximum Gasteiger partial charge on any atom is 0.407 e. The van der Waals surface area contributed by atoms with Gasteiger partial charge in [0.1, 0.15) is 23.7 Å². The van der Waals surface area contributed by atoms with E-state index in [9.17, 15) is 19.2 Å². The highest BCUT2D eigenvalue weighted by Gasteiger charge is 2.51. The molecule has 4 amide bonds. The monoisotopic (exact) mass is 904 g/mol. The molecule has 6 atom stereocenters. The minimum Gasteiger partial charge on any atom is -0.453 e. The molecule has 352 valence electrons. The Labute approximate surface area is 386 Å². The molecule has 0 bridgehead atoms. The van der Waals surface area contributed by atoms with E-state index in [0.717, 1.165) is 109 Å². The number of H-pyrrole nitrogens is 2. The Kier molecular flexibility index (Phi) is 13.0. The number of amides is 4. The van der Waals surface area contributed by atoms with E-state index < -0.39 is 24.3 Å². The fourth-order valence-electron chi connectivity index (χ4n) is 10.4. The van der Waals surface area contributed by atoms with Gasteiger partial charge in [-0.3, -0.25) is 9.59 Å². The lowest BCUT2D eigenvalue weighted by Gasteiger charge is -2.37. The molecular weight excluding hydrogens is 841 g/mol. The van der Waals surface area contributed by atoms with Crippen molar-refractivity contribution in [3.8, 4) is 33.6 Å². The van der Waals surface area contributed by atoms with E-state index in [4.69, 9.17) is 28.9 Å². The molecule has 16 nitrogen and oxygen atoms in total. The smallest absolute Gasteiger partial charge is 0.407 e. The maximum atomic E-state index is 14.3. The topological polar surface area (TPSA) is 193 Å². The third-order valence-electron chi connectivity index (χ3n) is 14.7. The van der Waals surface area contributed by atoms with E-state index in [2.05, 4.69) is 76.9 Å². The molecule has 2 aliphatic carbocycles. The number of nitrogens with one attached hydrogen (secondary N) is 4. The number of carbonyl (C=O) groups excluding carboxylic acids is 4. The molecular formula is C50H64N8O8. The van der Waals surface area contributed by atoms with Gasteiger partial charge in [-0.2, -0.15) is 0 Å². The Morgan fingerprint density at radius 2 is 1.52 bits per heavy atom. The number of ether oxygens (including phenoxy) is 4. The van der Waals surface area contributed by atoms with Crippen LogP contribution in [0.5, 0.6) is 0 Å². The fraction of sp³-hybridized carbons (Fsp3) is 0.560. The number of carbonyl (C=O) groups is 4. The summed E-state index contributed by atoms with van der Waals surface area (Å²) in [6.07, 6.45) is 12.4. The molecule has 66 heavy (non-hydrogen) atoms. The molecule has 0 radical (unpaired) electrons. The van der Waals surface area contributed by atoms with Crippen LogP contribution >= 0.6 is 0 Å². The highest BCUT2D eigenvalue weighted by atomic mass is 16.5. The number of aryl methyl sites for hydroxylation is 1. The van der Waals surface area contributed by atoms with Crippen molar-refractivity contribution in [1.29, 1.82) is 0 Å². The number of likely N-dealkylation sites (tertiary alicyclic amines) is 2. The van der Waals surface area contributed by atoms with E-state index in [-0.39, 0.29) is 47.1 Å². The highest BCUT2D eigenvalue weighted by molar-refractivity contribution is 5.87. The number of hydrogen-bond donors (Lipinski definition) is 4. The van der Waals surface area contributed by atoms with Gasteiger partial charge >= 0.3 is 12.2 Å². The molecule has 4 unspecified atom stereocenters. The van der Waals surface area contributed by atoms with E-state index in [1.54, 1.807) is 0 Å². The number of nitrogens with zero attached hydrogens (tertiary/aromatic N) is 4. The summed E-state index contributed by atoms with van der Waals surface area (Å²) < 4.78 is 21.9. The molecule has 9 rings (SSSR count). The van der Waals surface area contributed by atoms with Gasteiger partial charge in [0.25, 0.3) is 0 Å². The van der Waals surface area contributed by atoms with E-state index in [1.807, 2.05) is 29.1 Å². The number of methoxy groups -OCH3 is 2. The Morgan fingerprint density at radius 1 is 0.833 bits per heavy atom. The summed E-state index contributed by atoms with van der Waals surface area (Å²) in [5, 5.41) is 5.66. The number of benzene rings is 2. The van der Waals surface area contributed by atoms with Crippen molar-refractivity contribution >= 4 is 24.0 Å². The first-order valence-electron chi connectivity index (χ1n) is 23.8. The van der Waals surface area contributed by atoms with Crippen LogP contribution in [0.2, 0.25) is 0 Å². The number of rotatable bonds is 15. The summed E-state index contributed by atoms with van der Waals surface area (Å²) in [4.78, 5) is 73.7. The molecule has 5 aliphatic rings. The van der Waals surface area contributed by atoms with Crippen molar-refractivity contribution in [2.24, 2.45) is 5.92 Å². The van der Waals surface area contributed by atoms with Crippen molar-refractivity contribution in [2.45, 2.75) is 139 Å². The second kappa shape index (κ2) is 18.9. The van der Waals surface area contributed by atoms with E-state index in [1.165, 1.54) is 14.2 Å². The summed E-state index contributed by atoms with van der Waals surface area (Å²) in [6.45, 7) is 7.93. The summed E-state index contributed by atoms with van der Waals surface area (Å²) in [5.74, 6) is 1.19. The number of imidazole rings is 2. The van der Waals surface area contributed by atoms with Crippen LogP contribution in [-0.2, 0) is 28.5 Å². The van der Waals surface area contributed by atoms with Gasteiger partial charge in [-0.1, -0.05) is 42.5 Å².